The molecule has 0 saturated carbocycles. The van der Waals surface area contributed by atoms with Gasteiger partial charge in [-0.05, 0) is 52.8 Å². The minimum Gasteiger partial charge on any atom is -0.353 e. The lowest BCUT2D eigenvalue weighted by molar-refractivity contribution is -0.127. The number of carbonyl (C=O) groups is 1. The highest BCUT2D eigenvalue weighted by atomic mass is 127. The van der Waals surface area contributed by atoms with Gasteiger partial charge in [0.15, 0.2) is 5.96 Å². The molecule has 1 aromatic heterocycles. The number of likely N-dealkylation sites (N-methyl/N-ethyl adjacent to an activating group) is 1. The standard InChI is InChI=1S/C20H26N4OS.HI/c1-24(2)19(25)13-22-20(21-12-15-9-10-26-14-15)23-18-8-7-16-5-3-4-6-17(16)11-18;/h3-6,9-10,14,18H,7-8,11-13H2,1-2H3,(H2,21,22,23);1H. The fraction of sp³-hybridized carbons (Fsp3) is 0.400. The van der Waals surface area contributed by atoms with E-state index in [9.17, 15) is 4.79 Å². The molecule has 0 saturated heterocycles. The SMILES string of the molecule is CN(C)C(=O)CNC(=NCc1ccsc1)NC1CCc2ccccc2C1.I. The highest BCUT2D eigenvalue weighted by Gasteiger charge is 2.19. The van der Waals surface area contributed by atoms with Gasteiger partial charge in [0, 0.05) is 20.1 Å². The lowest BCUT2D eigenvalue weighted by Crippen LogP contribution is -2.48. The summed E-state index contributed by atoms with van der Waals surface area (Å²) in [4.78, 5) is 18.2. The largest absolute Gasteiger partial charge is 0.353 e. The highest BCUT2D eigenvalue weighted by molar-refractivity contribution is 14.0. The molecule has 1 aliphatic carbocycles. The van der Waals surface area contributed by atoms with Crippen molar-refractivity contribution in [3.05, 3.63) is 57.8 Å². The number of benzene rings is 1. The van der Waals surface area contributed by atoms with Crippen LogP contribution >= 0.6 is 35.3 Å². The molecule has 7 heteroatoms. The number of aryl methyl sites for hydroxylation is 1. The summed E-state index contributed by atoms with van der Waals surface area (Å²) in [6, 6.07) is 11.0. The van der Waals surface area contributed by atoms with Crippen LogP contribution in [-0.2, 0) is 24.2 Å². The Morgan fingerprint density at radius 3 is 2.74 bits per heavy atom. The maximum absolute atomic E-state index is 11.9. The van der Waals surface area contributed by atoms with E-state index in [2.05, 4.69) is 56.7 Å². The van der Waals surface area contributed by atoms with Crippen LogP contribution < -0.4 is 10.6 Å². The van der Waals surface area contributed by atoms with Gasteiger partial charge in [0.1, 0.15) is 0 Å². The van der Waals surface area contributed by atoms with Crippen LogP contribution in [0.2, 0.25) is 0 Å². The highest BCUT2D eigenvalue weighted by Crippen LogP contribution is 2.21. The van der Waals surface area contributed by atoms with E-state index in [1.807, 2.05) is 0 Å². The Hall–Kier alpha value is -1.61. The van der Waals surface area contributed by atoms with Crippen LogP contribution in [0.15, 0.2) is 46.1 Å². The van der Waals surface area contributed by atoms with Crippen LogP contribution in [0.25, 0.3) is 0 Å². The van der Waals surface area contributed by atoms with E-state index in [4.69, 9.17) is 0 Å². The van der Waals surface area contributed by atoms with Crippen molar-refractivity contribution in [3.63, 3.8) is 0 Å². The lowest BCUT2D eigenvalue weighted by Gasteiger charge is -2.27. The zero-order valence-corrected chi connectivity index (χ0v) is 18.9. The Kier molecular flexibility index (Phi) is 8.56. The summed E-state index contributed by atoms with van der Waals surface area (Å²) in [6.07, 6.45) is 3.12. The Morgan fingerprint density at radius 2 is 2.04 bits per heavy atom. The summed E-state index contributed by atoms with van der Waals surface area (Å²) < 4.78 is 0. The molecule has 0 spiro atoms. The van der Waals surface area contributed by atoms with Crippen molar-refractivity contribution in [2.45, 2.75) is 31.8 Å². The van der Waals surface area contributed by atoms with Gasteiger partial charge in [-0.1, -0.05) is 24.3 Å². The molecule has 27 heavy (non-hydrogen) atoms. The zero-order chi connectivity index (χ0) is 18.4. The van der Waals surface area contributed by atoms with Crippen molar-refractivity contribution >= 4 is 47.2 Å². The average Bonchev–Trinajstić information content (AvgIpc) is 3.17. The summed E-state index contributed by atoms with van der Waals surface area (Å²) in [7, 11) is 3.52. The second kappa shape index (κ2) is 10.7. The Bertz CT molecular complexity index is 761. The molecular weight excluding hydrogens is 471 g/mol. The van der Waals surface area contributed by atoms with E-state index in [1.54, 1.807) is 30.3 Å². The molecule has 3 rings (SSSR count). The van der Waals surface area contributed by atoms with E-state index in [0.717, 1.165) is 19.3 Å². The summed E-state index contributed by atoms with van der Waals surface area (Å²) in [5, 5.41) is 10.9. The second-order valence-electron chi connectivity index (χ2n) is 6.79. The first-order chi connectivity index (χ1) is 12.6. The third-order valence-corrected chi connectivity index (χ3v) is 5.33. The van der Waals surface area contributed by atoms with Crippen LogP contribution in [0.3, 0.4) is 0 Å². The van der Waals surface area contributed by atoms with E-state index in [0.29, 0.717) is 18.5 Å². The lowest BCUT2D eigenvalue weighted by atomic mass is 9.88. The number of hydrogen-bond acceptors (Lipinski definition) is 3. The maximum atomic E-state index is 11.9. The number of carbonyl (C=O) groups excluding carboxylic acids is 1. The molecule has 1 aliphatic rings. The van der Waals surface area contributed by atoms with Crippen molar-refractivity contribution in [3.8, 4) is 0 Å². The van der Waals surface area contributed by atoms with Crippen molar-refractivity contribution in [1.29, 1.82) is 0 Å². The fourth-order valence-corrected chi connectivity index (χ4v) is 3.70. The van der Waals surface area contributed by atoms with Gasteiger partial charge >= 0.3 is 0 Å². The fourth-order valence-electron chi connectivity index (χ4n) is 3.04. The van der Waals surface area contributed by atoms with Gasteiger partial charge in [0.2, 0.25) is 5.91 Å². The van der Waals surface area contributed by atoms with Crippen molar-refractivity contribution in [1.82, 2.24) is 15.5 Å². The molecule has 0 radical (unpaired) electrons. The van der Waals surface area contributed by atoms with Crippen molar-refractivity contribution < 1.29 is 4.79 Å². The number of thiophene rings is 1. The Labute approximate surface area is 182 Å². The molecule has 1 atom stereocenters. The van der Waals surface area contributed by atoms with Crippen LogP contribution in [-0.4, -0.2) is 43.4 Å². The molecule has 0 bridgehead atoms. The molecule has 2 N–H and O–H groups in total. The molecule has 1 amide bonds. The number of guanidine groups is 1. The first-order valence-electron chi connectivity index (χ1n) is 8.94. The van der Waals surface area contributed by atoms with E-state index in [-0.39, 0.29) is 36.4 Å². The van der Waals surface area contributed by atoms with Gasteiger partial charge in [0.25, 0.3) is 0 Å². The summed E-state index contributed by atoms with van der Waals surface area (Å²) in [6.45, 7) is 0.851. The second-order valence-corrected chi connectivity index (χ2v) is 7.57. The number of aliphatic imine (C=N–C) groups is 1. The van der Waals surface area contributed by atoms with Crippen LogP contribution in [0.1, 0.15) is 23.1 Å². The average molecular weight is 498 g/mol. The molecule has 0 fully saturated rings. The topological polar surface area (TPSA) is 56.7 Å². The van der Waals surface area contributed by atoms with Gasteiger partial charge < -0.3 is 15.5 Å². The van der Waals surface area contributed by atoms with Gasteiger partial charge in [-0.3, -0.25) is 4.79 Å². The summed E-state index contributed by atoms with van der Waals surface area (Å²) >= 11 is 1.67. The van der Waals surface area contributed by atoms with E-state index < -0.39 is 0 Å². The first kappa shape index (κ1) is 21.7. The van der Waals surface area contributed by atoms with Crippen molar-refractivity contribution in [2.24, 2.45) is 4.99 Å². The molecule has 1 aromatic carbocycles. The molecule has 146 valence electrons. The molecule has 0 aliphatic heterocycles. The van der Waals surface area contributed by atoms with Gasteiger partial charge in [-0.2, -0.15) is 11.3 Å². The van der Waals surface area contributed by atoms with Gasteiger partial charge in [-0.15, -0.1) is 24.0 Å². The van der Waals surface area contributed by atoms with Crippen LogP contribution in [0, 0.1) is 0 Å². The number of halogens is 1. The first-order valence-corrected chi connectivity index (χ1v) is 9.89. The monoisotopic (exact) mass is 498 g/mol. The van der Waals surface area contributed by atoms with E-state index >= 15 is 0 Å². The smallest absolute Gasteiger partial charge is 0.241 e. The predicted octanol–water partition coefficient (Wildman–Crippen LogP) is 3.05. The minimum atomic E-state index is 0. The van der Waals surface area contributed by atoms with Crippen LogP contribution in [0.4, 0.5) is 0 Å². The molecule has 1 heterocycles. The third kappa shape index (κ3) is 6.49. The Balaban J connectivity index is 0.00000261. The van der Waals surface area contributed by atoms with Gasteiger partial charge in [0.05, 0.1) is 13.1 Å². The van der Waals surface area contributed by atoms with Crippen molar-refractivity contribution in [2.75, 3.05) is 20.6 Å². The normalized spacial score (nSPS) is 16.1. The third-order valence-electron chi connectivity index (χ3n) is 4.59. The number of rotatable bonds is 5. The minimum absolute atomic E-state index is 0. The Morgan fingerprint density at radius 1 is 1.26 bits per heavy atom. The number of nitrogens with zero attached hydrogens (tertiary/aromatic N) is 2. The van der Waals surface area contributed by atoms with Crippen LogP contribution in [0.5, 0.6) is 0 Å². The summed E-state index contributed by atoms with van der Waals surface area (Å²) in [5.41, 5.74) is 4.03. The molecular formula is C20H27IN4OS. The predicted molar refractivity (Wildman–Crippen MR) is 123 cm³/mol. The molecule has 2 aromatic rings. The molecule has 1 unspecified atom stereocenters. The number of nitrogens with one attached hydrogen (secondary N) is 2. The van der Waals surface area contributed by atoms with Gasteiger partial charge in [-0.25, -0.2) is 4.99 Å². The van der Waals surface area contributed by atoms with E-state index in [1.165, 1.54) is 16.7 Å². The quantitative estimate of drug-likeness (QED) is 0.379. The number of hydrogen-bond donors (Lipinski definition) is 2. The number of fused-ring (bicyclic) bond motifs is 1. The summed E-state index contributed by atoms with van der Waals surface area (Å²) in [5.74, 6) is 0.736. The maximum Gasteiger partial charge on any atom is 0.241 e. The molecule has 5 nitrogen and oxygen atoms in total. The number of amides is 1. The zero-order valence-electron chi connectivity index (χ0n) is 15.8.